The van der Waals surface area contributed by atoms with Crippen LogP contribution < -0.4 is 15.5 Å². The lowest BCUT2D eigenvalue weighted by atomic mass is 10.2. The van der Waals surface area contributed by atoms with E-state index in [1.54, 1.807) is 6.20 Å². The standard InChI is InChI=1S/C16H26N4O/c1-13(17-2)11-19-16(21)14-7-8-15(18-12-14)20-9-5-3-4-6-10-20/h7-8,12-13,17H,3-6,9-11H2,1-2H3,(H,19,21). The van der Waals surface area contributed by atoms with Crippen LogP contribution in [-0.4, -0.2) is 43.6 Å². The predicted octanol–water partition coefficient (Wildman–Crippen LogP) is 1.80. The topological polar surface area (TPSA) is 57.3 Å². The van der Waals surface area contributed by atoms with E-state index in [4.69, 9.17) is 0 Å². The molecule has 2 rings (SSSR count). The molecule has 1 aliphatic heterocycles. The van der Waals surface area contributed by atoms with Crippen molar-refractivity contribution in [3.8, 4) is 0 Å². The lowest BCUT2D eigenvalue weighted by molar-refractivity contribution is 0.0950. The van der Waals surface area contributed by atoms with Crippen LogP contribution in [0.2, 0.25) is 0 Å². The number of anilines is 1. The van der Waals surface area contributed by atoms with Gasteiger partial charge in [0.25, 0.3) is 5.91 Å². The van der Waals surface area contributed by atoms with Gasteiger partial charge in [-0.3, -0.25) is 4.79 Å². The van der Waals surface area contributed by atoms with E-state index in [9.17, 15) is 4.79 Å². The molecule has 21 heavy (non-hydrogen) atoms. The van der Waals surface area contributed by atoms with E-state index in [0.29, 0.717) is 12.1 Å². The molecule has 0 saturated carbocycles. The number of likely N-dealkylation sites (N-methyl/N-ethyl adjacent to an activating group) is 1. The van der Waals surface area contributed by atoms with Crippen LogP contribution in [0, 0.1) is 0 Å². The second-order valence-electron chi connectivity index (χ2n) is 5.71. The van der Waals surface area contributed by atoms with Crippen LogP contribution in [0.1, 0.15) is 43.0 Å². The third-order valence-corrected chi connectivity index (χ3v) is 4.00. The minimum Gasteiger partial charge on any atom is -0.357 e. The highest BCUT2D eigenvalue weighted by atomic mass is 16.1. The van der Waals surface area contributed by atoms with Gasteiger partial charge < -0.3 is 15.5 Å². The Morgan fingerprint density at radius 3 is 2.57 bits per heavy atom. The summed E-state index contributed by atoms with van der Waals surface area (Å²) in [5.41, 5.74) is 0.622. The van der Waals surface area contributed by atoms with E-state index in [2.05, 4.69) is 20.5 Å². The summed E-state index contributed by atoms with van der Waals surface area (Å²) in [7, 11) is 1.88. The van der Waals surface area contributed by atoms with Gasteiger partial charge in [-0.05, 0) is 38.9 Å². The number of rotatable bonds is 5. The van der Waals surface area contributed by atoms with Crippen molar-refractivity contribution >= 4 is 11.7 Å². The maximum atomic E-state index is 12.0. The number of hydrogen-bond donors (Lipinski definition) is 2. The average molecular weight is 290 g/mol. The quantitative estimate of drug-likeness (QED) is 0.868. The zero-order valence-corrected chi connectivity index (χ0v) is 13.1. The number of carbonyl (C=O) groups is 1. The highest BCUT2D eigenvalue weighted by Gasteiger charge is 2.12. The lowest BCUT2D eigenvalue weighted by Crippen LogP contribution is -2.37. The molecule has 2 heterocycles. The monoisotopic (exact) mass is 290 g/mol. The van der Waals surface area contributed by atoms with E-state index < -0.39 is 0 Å². The van der Waals surface area contributed by atoms with E-state index >= 15 is 0 Å². The molecule has 0 aliphatic carbocycles. The summed E-state index contributed by atoms with van der Waals surface area (Å²) in [6, 6.07) is 4.09. The van der Waals surface area contributed by atoms with Gasteiger partial charge >= 0.3 is 0 Å². The zero-order valence-electron chi connectivity index (χ0n) is 13.1. The van der Waals surface area contributed by atoms with Crippen LogP contribution in [0.5, 0.6) is 0 Å². The van der Waals surface area contributed by atoms with Crippen molar-refractivity contribution in [3.05, 3.63) is 23.9 Å². The van der Waals surface area contributed by atoms with Gasteiger partial charge in [0.2, 0.25) is 0 Å². The Morgan fingerprint density at radius 1 is 1.29 bits per heavy atom. The average Bonchev–Trinajstić information content (AvgIpc) is 2.81. The van der Waals surface area contributed by atoms with Gasteiger partial charge in [0.05, 0.1) is 5.56 Å². The molecule has 0 bridgehead atoms. The van der Waals surface area contributed by atoms with Gasteiger partial charge in [-0.15, -0.1) is 0 Å². The van der Waals surface area contributed by atoms with Crippen molar-refractivity contribution in [3.63, 3.8) is 0 Å². The summed E-state index contributed by atoms with van der Waals surface area (Å²) >= 11 is 0. The summed E-state index contributed by atoms with van der Waals surface area (Å²) in [6.45, 7) is 4.78. The SMILES string of the molecule is CNC(C)CNC(=O)c1ccc(N2CCCCCC2)nc1. The number of nitrogens with zero attached hydrogens (tertiary/aromatic N) is 2. The van der Waals surface area contributed by atoms with Gasteiger partial charge in [-0.25, -0.2) is 4.98 Å². The summed E-state index contributed by atoms with van der Waals surface area (Å²) in [5, 5.41) is 6.00. The maximum Gasteiger partial charge on any atom is 0.252 e. The zero-order chi connectivity index (χ0) is 15.1. The van der Waals surface area contributed by atoms with Crippen molar-refractivity contribution in [1.29, 1.82) is 0 Å². The molecule has 2 N–H and O–H groups in total. The Labute approximate surface area is 127 Å². The van der Waals surface area contributed by atoms with Crippen molar-refractivity contribution in [2.45, 2.75) is 38.6 Å². The minimum absolute atomic E-state index is 0.0629. The Bertz CT molecular complexity index is 438. The number of nitrogens with one attached hydrogen (secondary N) is 2. The van der Waals surface area contributed by atoms with E-state index in [-0.39, 0.29) is 11.9 Å². The number of amides is 1. The first kappa shape index (κ1) is 15.8. The molecule has 5 nitrogen and oxygen atoms in total. The highest BCUT2D eigenvalue weighted by Crippen LogP contribution is 2.17. The fourth-order valence-corrected chi connectivity index (χ4v) is 2.46. The highest BCUT2D eigenvalue weighted by molar-refractivity contribution is 5.94. The fourth-order valence-electron chi connectivity index (χ4n) is 2.46. The van der Waals surface area contributed by atoms with Crippen LogP contribution in [0.15, 0.2) is 18.3 Å². The minimum atomic E-state index is -0.0629. The van der Waals surface area contributed by atoms with Gasteiger partial charge in [0.1, 0.15) is 5.82 Å². The number of hydrogen-bond acceptors (Lipinski definition) is 4. The van der Waals surface area contributed by atoms with E-state index in [1.807, 2.05) is 26.1 Å². The van der Waals surface area contributed by atoms with Crippen LogP contribution >= 0.6 is 0 Å². The van der Waals surface area contributed by atoms with Crippen LogP contribution in [0.25, 0.3) is 0 Å². The first-order valence-electron chi connectivity index (χ1n) is 7.87. The molecule has 1 atom stereocenters. The van der Waals surface area contributed by atoms with Crippen molar-refractivity contribution in [2.24, 2.45) is 0 Å². The summed E-state index contributed by atoms with van der Waals surface area (Å²) in [6.07, 6.45) is 6.75. The molecule has 116 valence electrons. The number of aromatic nitrogens is 1. The van der Waals surface area contributed by atoms with Crippen LogP contribution in [-0.2, 0) is 0 Å². The van der Waals surface area contributed by atoms with Gasteiger partial charge in [0, 0.05) is 31.9 Å². The molecular formula is C16H26N4O. The Hall–Kier alpha value is -1.62. The first-order valence-corrected chi connectivity index (χ1v) is 7.87. The molecule has 1 aromatic heterocycles. The van der Waals surface area contributed by atoms with Gasteiger partial charge in [-0.2, -0.15) is 0 Å². The lowest BCUT2D eigenvalue weighted by Gasteiger charge is -2.21. The molecule has 1 aromatic rings. The normalized spacial score (nSPS) is 17.1. The molecule has 1 fully saturated rings. The largest absolute Gasteiger partial charge is 0.357 e. The van der Waals surface area contributed by atoms with Gasteiger partial charge in [-0.1, -0.05) is 12.8 Å². The molecule has 1 saturated heterocycles. The van der Waals surface area contributed by atoms with Crippen molar-refractivity contribution < 1.29 is 4.79 Å². The summed E-state index contributed by atoms with van der Waals surface area (Å²) < 4.78 is 0. The van der Waals surface area contributed by atoms with Crippen LogP contribution in [0.4, 0.5) is 5.82 Å². The molecule has 1 unspecified atom stereocenters. The third-order valence-electron chi connectivity index (χ3n) is 4.00. The van der Waals surface area contributed by atoms with Crippen LogP contribution in [0.3, 0.4) is 0 Å². The molecule has 0 aromatic carbocycles. The number of carbonyl (C=O) groups excluding carboxylic acids is 1. The summed E-state index contributed by atoms with van der Waals surface area (Å²) in [4.78, 5) is 18.8. The van der Waals surface area contributed by atoms with E-state index in [0.717, 1.165) is 18.9 Å². The van der Waals surface area contributed by atoms with E-state index in [1.165, 1.54) is 25.7 Å². The number of pyridine rings is 1. The van der Waals surface area contributed by atoms with Crippen molar-refractivity contribution in [2.75, 3.05) is 31.6 Å². The first-order chi connectivity index (χ1) is 10.2. The molecular weight excluding hydrogens is 264 g/mol. The molecule has 1 aliphatic rings. The Kier molecular flexibility index (Phi) is 5.99. The Morgan fingerprint density at radius 2 is 2.00 bits per heavy atom. The second kappa shape index (κ2) is 7.98. The van der Waals surface area contributed by atoms with Crippen molar-refractivity contribution in [1.82, 2.24) is 15.6 Å². The summed E-state index contributed by atoms with van der Waals surface area (Å²) in [5.74, 6) is 0.920. The smallest absolute Gasteiger partial charge is 0.252 e. The fraction of sp³-hybridized carbons (Fsp3) is 0.625. The molecule has 5 heteroatoms. The van der Waals surface area contributed by atoms with Gasteiger partial charge in [0.15, 0.2) is 0 Å². The predicted molar refractivity (Wildman–Crippen MR) is 85.8 cm³/mol. The third kappa shape index (κ3) is 4.70. The molecule has 0 radical (unpaired) electrons. The second-order valence-corrected chi connectivity index (χ2v) is 5.71. The molecule has 1 amide bonds. The Balaban J connectivity index is 1.93. The molecule has 0 spiro atoms. The maximum absolute atomic E-state index is 12.0.